The van der Waals surface area contributed by atoms with Crippen molar-refractivity contribution in [2.24, 2.45) is 5.92 Å². The van der Waals surface area contributed by atoms with Gasteiger partial charge in [0, 0.05) is 25.1 Å². The molecule has 112 valence electrons. The summed E-state index contributed by atoms with van der Waals surface area (Å²) in [5.41, 5.74) is 1.90. The molecule has 2 rings (SSSR count). The number of nitrogens with zero attached hydrogens (tertiary/aromatic N) is 1. The Bertz CT molecular complexity index is 524. The second-order valence-corrected chi connectivity index (χ2v) is 5.79. The first-order valence-corrected chi connectivity index (χ1v) is 7.54. The van der Waals surface area contributed by atoms with Gasteiger partial charge in [0.25, 0.3) is 5.91 Å². The van der Waals surface area contributed by atoms with Crippen molar-refractivity contribution < 1.29 is 9.53 Å². The lowest BCUT2D eigenvalue weighted by atomic mass is 9.85. The van der Waals surface area contributed by atoms with Crippen molar-refractivity contribution in [1.29, 1.82) is 0 Å². The zero-order chi connectivity index (χ0) is 15.2. The standard InChI is InChI=1S/C18H23NO2/c1-4-6-17(14(2)3)15-7-5-8-16(13-15)18(20)19-9-11-21-12-10-19/h1,5,7-8,13-14,17H,6,9-12H2,2-3H3. The Balaban J connectivity index is 2.20. The van der Waals surface area contributed by atoms with E-state index in [1.807, 2.05) is 23.1 Å². The van der Waals surface area contributed by atoms with Crippen molar-refractivity contribution in [1.82, 2.24) is 4.90 Å². The van der Waals surface area contributed by atoms with E-state index in [0.29, 0.717) is 44.6 Å². The lowest BCUT2D eigenvalue weighted by molar-refractivity contribution is 0.0303. The van der Waals surface area contributed by atoms with Crippen LogP contribution in [-0.4, -0.2) is 37.1 Å². The Labute approximate surface area is 127 Å². The van der Waals surface area contributed by atoms with Crippen LogP contribution in [0, 0.1) is 18.3 Å². The Morgan fingerprint density at radius 1 is 1.38 bits per heavy atom. The third kappa shape index (κ3) is 3.86. The number of hydrogen-bond donors (Lipinski definition) is 0. The van der Waals surface area contributed by atoms with E-state index in [0.717, 1.165) is 11.1 Å². The van der Waals surface area contributed by atoms with E-state index >= 15 is 0 Å². The van der Waals surface area contributed by atoms with Crippen LogP contribution in [0.2, 0.25) is 0 Å². The minimum atomic E-state index is 0.0864. The molecule has 0 radical (unpaired) electrons. The predicted octanol–water partition coefficient (Wildman–Crippen LogP) is 2.92. The van der Waals surface area contributed by atoms with E-state index in [1.54, 1.807) is 0 Å². The van der Waals surface area contributed by atoms with Gasteiger partial charge in [-0.3, -0.25) is 4.79 Å². The Kier molecular flexibility index (Phi) is 5.41. The summed E-state index contributed by atoms with van der Waals surface area (Å²) < 4.78 is 5.30. The summed E-state index contributed by atoms with van der Waals surface area (Å²) in [4.78, 5) is 14.4. The Morgan fingerprint density at radius 2 is 2.10 bits per heavy atom. The van der Waals surface area contributed by atoms with Gasteiger partial charge in [-0.25, -0.2) is 0 Å². The first-order valence-electron chi connectivity index (χ1n) is 7.54. The topological polar surface area (TPSA) is 29.5 Å². The maximum absolute atomic E-state index is 12.5. The highest BCUT2D eigenvalue weighted by atomic mass is 16.5. The van der Waals surface area contributed by atoms with E-state index < -0.39 is 0 Å². The van der Waals surface area contributed by atoms with Crippen LogP contribution in [-0.2, 0) is 4.74 Å². The molecule has 1 atom stereocenters. The van der Waals surface area contributed by atoms with Crippen LogP contribution in [0.5, 0.6) is 0 Å². The molecule has 1 amide bonds. The van der Waals surface area contributed by atoms with Gasteiger partial charge in [0.2, 0.25) is 0 Å². The zero-order valence-corrected chi connectivity index (χ0v) is 12.8. The number of rotatable bonds is 4. The molecule has 3 nitrogen and oxygen atoms in total. The van der Waals surface area contributed by atoms with Gasteiger partial charge < -0.3 is 9.64 Å². The van der Waals surface area contributed by atoms with Gasteiger partial charge in [-0.15, -0.1) is 12.3 Å². The summed E-state index contributed by atoms with van der Waals surface area (Å²) in [6.45, 7) is 6.91. The third-order valence-electron chi connectivity index (χ3n) is 4.00. The summed E-state index contributed by atoms with van der Waals surface area (Å²) in [5.74, 6) is 3.59. The van der Waals surface area contributed by atoms with Crippen LogP contribution in [0.3, 0.4) is 0 Å². The number of carbonyl (C=O) groups is 1. The molecule has 0 N–H and O–H groups in total. The fraction of sp³-hybridized carbons (Fsp3) is 0.500. The summed E-state index contributed by atoms with van der Waals surface area (Å²) >= 11 is 0. The number of benzene rings is 1. The first kappa shape index (κ1) is 15.6. The Morgan fingerprint density at radius 3 is 2.71 bits per heavy atom. The van der Waals surface area contributed by atoms with Gasteiger partial charge in [-0.1, -0.05) is 26.0 Å². The quantitative estimate of drug-likeness (QED) is 0.796. The molecule has 0 aromatic heterocycles. The van der Waals surface area contributed by atoms with Crippen LogP contribution in [0.1, 0.15) is 42.1 Å². The van der Waals surface area contributed by atoms with E-state index in [-0.39, 0.29) is 5.91 Å². The first-order chi connectivity index (χ1) is 10.1. The third-order valence-corrected chi connectivity index (χ3v) is 4.00. The molecular weight excluding hydrogens is 262 g/mol. The predicted molar refractivity (Wildman–Crippen MR) is 84.2 cm³/mol. The van der Waals surface area contributed by atoms with Crippen molar-refractivity contribution in [3.63, 3.8) is 0 Å². The largest absolute Gasteiger partial charge is 0.378 e. The van der Waals surface area contributed by atoms with E-state index in [2.05, 4.69) is 25.8 Å². The van der Waals surface area contributed by atoms with Crippen LogP contribution >= 0.6 is 0 Å². The van der Waals surface area contributed by atoms with Gasteiger partial charge in [0.1, 0.15) is 0 Å². The summed E-state index contributed by atoms with van der Waals surface area (Å²) in [6, 6.07) is 7.90. The number of morpholine rings is 1. The van der Waals surface area contributed by atoms with Gasteiger partial charge in [-0.05, 0) is 29.5 Å². The van der Waals surface area contributed by atoms with Crippen molar-refractivity contribution in [2.75, 3.05) is 26.3 Å². The molecule has 1 saturated heterocycles. The molecular formula is C18H23NO2. The average Bonchev–Trinajstić information content (AvgIpc) is 2.52. The lowest BCUT2D eigenvalue weighted by Gasteiger charge is -2.27. The van der Waals surface area contributed by atoms with Crippen LogP contribution in [0.4, 0.5) is 0 Å². The second-order valence-electron chi connectivity index (χ2n) is 5.79. The summed E-state index contributed by atoms with van der Waals surface area (Å²) in [6.07, 6.45) is 6.18. The number of amides is 1. The van der Waals surface area contributed by atoms with Gasteiger partial charge in [0.15, 0.2) is 0 Å². The molecule has 21 heavy (non-hydrogen) atoms. The molecule has 1 heterocycles. The molecule has 1 unspecified atom stereocenters. The molecule has 1 aliphatic heterocycles. The van der Waals surface area contributed by atoms with Crippen molar-refractivity contribution >= 4 is 5.91 Å². The minimum absolute atomic E-state index is 0.0864. The normalized spacial score (nSPS) is 16.6. The molecule has 0 aliphatic carbocycles. The van der Waals surface area contributed by atoms with Crippen molar-refractivity contribution in [3.8, 4) is 12.3 Å². The number of ether oxygens (including phenoxy) is 1. The SMILES string of the molecule is C#CCC(c1cccc(C(=O)N2CCOCC2)c1)C(C)C. The van der Waals surface area contributed by atoms with E-state index in [9.17, 15) is 4.79 Å². The lowest BCUT2D eigenvalue weighted by Crippen LogP contribution is -2.40. The van der Waals surface area contributed by atoms with Gasteiger partial charge in [-0.2, -0.15) is 0 Å². The Hall–Kier alpha value is -1.79. The van der Waals surface area contributed by atoms with Gasteiger partial charge in [0.05, 0.1) is 13.2 Å². The zero-order valence-electron chi connectivity index (χ0n) is 12.8. The monoisotopic (exact) mass is 285 g/mol. The molecule has 1 aromatic carbocycles. The molecule has 1 aromatic rings. The molecule has 3 heteroatoms. The number of terminal acetylenes is 1. The van der Waals surface area contributed by atoms with Gasteiger partial charge >= 0.3 is 0 Å². The fourth-order valence-corrected chi connectivity index (χ4v) is 2.72. The van der Waals surface area contributed by atoms with Crippen molar-refractivity contribution in [3.05, 3.63) is 35.4 Å². The maximum atomic E-state index is 12.5. The highest BCUT2D eigenvalue weighted by molar-refractivity contribution is 5.94. The molecule has 1 aliphatic rings. The smallest absolute Gasteiger partial charge is 0.254 e. The van der Waals surface area contributed by atoms with E-state index in [1.165, 1.54) is 0 Å². The summed E-state index contributed by atoms with van der Waals surface area (Å²) in [5, 5.41) is 0. The highest BCUT2D eigenvalue weighted by Crippen LogP contribution is 2.28. The number of carbonyl (C=O) groups excluding carboxylic acids is 1. The molecule has 0 saturated carbocycles. The summed E-state index contributed by atoms with van der Waals surface area (Å²) in [7, 11) is 0. The van der Waals surface area contributed by atoms with Crippen molar-refractivity contribution in [2.45, 2.75) is 26.2 Å². The maximum Gasteiger partial charge on any atom is 0.254 e. The molecule has 0 bridgehead atoms. The highest BCUT2D eigenvalue weighted by Gasteiger charge is 2.20. The van der Waals surface area contributed by atoms with E-state index in [4.69, 9.17) is 11.2 Å². The minimum Gasteiger partial charge on any atom is -0.378 e. The van der Waals surface area contributed by atoms with Crippen LogP contribution in [0.15, 0.2) is 24.3 Å². The average molecular weight is 285 g/mol. The molecule has 1 fully saturated rings. The van der Waals surface area contributed by atoms with Crippen LogP contribution in [0.25, 0.3) is 0 Å². The van der Waals surface area contributed by atoms with Crippen LogP contribution < -0.4 is 0 Å². The second kappa shape index (κ2) is 7.28. The number of hydrogen-bond acceptors (Lipinski definition) is 2. The fourth-order valence-electron chi connectivity index (χ4n) is 2.72. The molecule has 0 spiro atoms.